The lowest BCUT2D eigenvalue weighted by Crippen LogP contribution is -2.45. The highest BCUT2D eigenvalue weighted by atomic mass is 32.1. The summed E-state index contributed by atoms with van der Waals surface area (Å²) in [6, 6.07) is 5.85. The molecule has 0 aliphatic carbocycles. The number of carbonyl (C=O) groups excluding carboxylic acids is 2. The Morgan fingerprint density at radius 2 is 1.84 bits per heavy atom. The van der Waals surface area contributed by atoms with Gasteiger partial charge < -0.3 is 20.0 Å². The van der Waals surface area contributed by atoms with E-state index in [4.69, 9.17) is 4.74 Å². The van der Waals surface area contributed by atoms with Crippen LogP contribution >= 0.6 is 11.3 Å². The van der Waals surface area contributed by atoms with E-state index >= 15 is 0 Å². The minimum Gasteiger partial charge on any atom is -0.550 e. The van der Waals surface area contributed by atoms with Gasteiger partial charge in [-0.05, 0) is 24.3 Å². The summed E-state index contributed by atoms with van der Waals surface area (Å²) >= 11 is 1.21. The smallest absolute Gasteiger partial charge is 0.233 e. The van der Waals surface area contributed by atoms with Crippen LogP contribution < -0.4 is 10.4 Å². The monoisotopic (exact) mass is 359 g/mol. The number of nitrogens with zero attached hydrogens (tertiary/aromatic N) is 1. The van der Waals surface area contributed by atoms with E-state index in [0.717, 1.165) is 5.56 Å². The largest absolute Gasteiger partial charge is 0.550 e. The molecule has 128 valence electrons. The molecule has 25 heavy (non-hydrogen) atoms. The van der Waals surface area contributed by atoms with Crippen molar-refractivity contribution < 1.29 is 23.8 Å². The summed E-state index contributed by atoms with van der Waals surface area (Å²) in [5.74, 6) is -3.97. The Balaban J connectivity index is 1.51. The average Bonchev–Trinajstić information content (AvgIpc) is 3.30. The second kappa shape index (κ2) is 6.05. The molecule has 1 aromatic heterocycles. The van der Waals surface area contributed by atoms with Crippen molar-refractivity contribution in [3.63, 3.8) is 0 Å². The highest BCUT2D eigenvalue weighted by molar-refractivity contribution is 7.14. The third-order valence-electron chi connectivity index (χ3n) is 4.35. The van der Waals surface area contributed by atoms with Crippen LogP contribution in [0, 0.1) is 17.7 Å². The fourth-order valence-electron chi connectivity index (χ4n) is 3.17. The molecule has 0 saturated carbocycles. The molecule has 4 rings (SSSR count). The molecule has 1 fully saturated rings. The van der Waals surface area contributed by atoms with E-state index in [9.17, 15) is 19.1 Å². The number of carbonyl (C=O) groups is 2. The number of hydrogen-bond donors (Lipinski definition) is 1. The molecule has 4 atom stereocenters. The topological polar surface area (TPSA) is 91.3 Å². The molecule has 1 saturated heterocycles. The molecule has 0 radical (unpaired) electrons. The van der Waals surface area contributed by atoms with Gasteiger partial charge in [0.25, 0.3) is 0 Å². The summed E-state index contributed by atoms with van der Waals surface area (Å²) in [7, 11) is 0. The molecule has 2 aromatic rings. The highest BCUT2D eigenvalue weighted by Gasteiger charge is 2.50. The SMILES string of the molecule is O=C([O-])[C@@H]1[C@H](C(=O)Nc2nc(-c3ccc(F)cc3)cs2)[C@H]2C=C[C@@H]1O2. The zero-order valence-corrected chi connectivity index (χ0v) is 13.5. The van der Waals surface area contributed by atoms with Gasteiger partial charge in [0.2, 0.25) is 5.91 Å². The van der Waals surface area contributed by atoms with Crippen LogP contribution in [-0.2, 0) is 14.3 Å². The Morgan fingerprint density at radius 3 is 2.52 bits per heavy atom. The van der Waals surface area contributed by atoms with Gasteiger partial charge in [-0.2, -0.15) is 0 Å². The summed E-state index contributed by atoms with van der Waals surface area (Å²) in [6.07, 6.45) is 2.15. The molecule has 2 bridgehead atoms. The van der Waals surface area contributed by atoms with E-state index in [1.165, 1.54) is 23.5 Å². The van der Waals surface area contributed by atoms with Crippen molar-refractivity contribution in [1.82, 2.24) is 4.98 Å². The zero-order chi connectivity index (χ0) is 17.6. The number of rotatable bonds is 4. The van der Waals surface area contributed by atoms with E-state index < -0.39 is 35.9 Å². The second-order valence-corrected chi connectivity index (χ2v) is 6.71. The first kappa shape index (κ1) is 15.9. The number of aromatic nitrogens is 1. The molecule has 1 N–H and O–H groups in total. The minimum atomic E-state index is -1.30. The van der Waals surface area contributed by atoms with Crippen LogP contribution in [0.15, 0.2) is 41.8 Å². The van der Waals surface area contributed by atoms with Gasteiger partial charge in [-0.15, -0.1) is 11.3 Å². The maximum atomic E-state index is 13.0. The number of carboxylic acid groups (broad SMARTS) is 1. The third-order valence-corrected chi connectivity index (χ3v) is 5.11. The first-order valence-corrected chi connectivity index (χ1v) is 8.48. The molecule has 1 aromatic carbocycles. The maximum Gasteiger partial charge on any atom is 0.233 e. The van der Waals surface area contributed by atoms with Gasteiger partial charge in [-0.1, -0.05) is 12.2 Å². The first-order valence-electron chi connectivity index (χ1n) is 7.60. The number of ether oxygens (including phenoxy) is 1. The van der Waals surface area contributed by atoms with E-state index in [-0.39, 0.29) is 5.82 Å². The number of aliphatic carboxylic acids is 1. The van der Waals surface area contributed by atoms with Gasteiger partial charge in [0.15, 0.2) is 5.13 Å². The number of benzene rings is 1. The van der Waals surface area contributed by atoms with Crippen molar-refractivity contribution in [3.8, 4) is 11.3 Å². The Hall–Kier alpha value is -2.58. The molecular weight excluding hydrogens is 347 g/mol. The number of fused-ring (bicyclic) bond motifs is 2. The molecular formula is C17H12FN2O4S-. The van der Waals surface area contributed by atoms with E-state index in [2.05, 4.69) is 10.3 Å². The number of anilines is 1. The Bertz CT molecular complexity index is 864. The van der Waals surface area contributed by atoms with Gasteiger partial charge in [-0.3, -0.25) is 4.79 Å². The van der Waals surface area contributed by atoms with Crippen LogP contribution in [0.25, 0.3) is 11.3 Å². The van der Waals surface area contributed by atoms with Gasteiger partial charge >= 0.3 is 0 Å². The summed E-state index contributed by atoms with van der Waals surface area (Å²) in [6.45, 7) is 0. The quantitative estimate of drug-likeness (QED) is 0.829. The molecule has 2 aliphatic heterocycles. The van der Waals surface area contributed by atoms with Crippen LogP contribution in [0.5, 0.6) is 0 Å². The minimum absolute atomic E-state index is 0.341. The molecule has 2 aliphatic rings. The summed E-state index contributed by atoms with van der Waals surface area (Å²) < 4.78 is 18.4. The number of halogens is 1. The van der Waals surface area contributed by atoms with Crippen LogP contribution in [-0.4, -0.2) is 29.1 Å². The van der Waals surface area contributed by atoms with Crippen molar-refractivity contribution in [1.29, 1.82) is 0 Å². The highest BCUT2D eigenvalue weighted by Crippen LogP contribution is 2.39. The van der Waals surface area contributed by atoms with Crippen LogP contribution in [0.2, 0.25) is 0 Å². The second-order valence-electron chi connectivity index (χ2n) is 5.85. The zero-order valence-electron chi connectivity index (χ0n) is 12.7. The van der Waals surface area contributed by atoms with Crippen LogP contribution in [0.1, 0.15) is 0 Å². The summed E-state index contributed by atoms with van der Waals surface area (Å²) in [4.78, 5) is 28.1. The lowest BCUT2D eigenvalue weighted by molar-refractivity contribution is -0.313. The Labute approximate surface area is 146 Å². The Kier molecular flexibility index (Phi) is 3.85. The van der Waals surface area contributed by atoms with Crippen molar-refractivity contribution in [2.45, 2.75) is 12.2 Å². The van der Waals surface area contributed by atoms with Gasteiger partial charge in [0.1, 0.15) is 5.82 Å². The number of thiazole rings is 1. The summed E-state index contributed by atoms with van der Waals surface area (Å²) in [5, 5.41) is 16.0. The lowest BCUT2D eigenvalue weighted by atomic mass is 9.82. The van der Waals surface area contributed by atoms with E-state index in [1.807, 2.05) is 0 Å². The fraction of sp³-hybridized carbons (Fsp3) is 0.235. The van der Waals surface area contributed by atoms with Crippen LogP contribution in [0.4, 0.5) is 9.52 Å². The maximum absolute atomic E-state index is 13.0. The number of nitrogens with one attached hydrogen (secondary N) is 1. The average molecular weight is 359 g/mol. The number of hydrogen-bond acceptors (Lipinski definition) is 6. The lowest BCUT2D eigenvalue weighted by Gasteiger charge is -2.24. The molecule has 0 unspecified atom stereocenters. The van der Waals surface area contributed by atoms with Gasteiger partial charge in [0.05, 0.1) is 23.8 Å². The molecule has 6 nitrogen and oxygen atoms in total. The van der Waals surface area contributed by atoms with Gasteiger partial charge in [-0.25, -0.2) is 9.37 Å². The van der Waals surface area contributed by atoms with E-state index in [1.54, 1.807) is 29.7 Å². The van der Waals surface area contributed by atoms with Crippen LogP contribution in [0.3, 0.4) is 0 Å². The number of amides is 1. The van der Waals surface area contributed by atoms with E-state index in [0.29, 0.717) is 10.8 Å². The molecule has 8 heteroatoms. The molecule has 1 amide bonds. The standard InChI is InChI=1S/C17H13FN2O4S/c18-9-3-1-8(2-4-9)10-7-25-17(19-10)20-15(21)13-11-5-6-12(24-11)14(13)16(22)23/h1-7,11-14H,(H,22,23)(H,19,20,21)/p-1/t11-,12+,13-,14+/m1/s1. The Morgan fingerprint density at radius 1 is 1.16 bits per heavy atom. The third kappa shape index (κ3) is 2.83. The van der Waals surface area contributed by atoms with Gasteiger partial charge in [0, 0.05) is 22.8 Å². The predicted octanol–water partition coefficient (Wildman–Crippen LogP) is 1.21. The molecule has 0 spiro atoms. The first-order chi connectivity index (χ1) is 12.0. The normalized spacial score (nSPS) is 26.8. The van der Waals surface area contributed by atoms with Crippen molar-refractivity contribution >= 4 is 28.3 Å². The molecule has 3 heterocycles. The van der Waals surface area contributed by atoms with Crippen molar-refractivity contribution in [2.24, 2.45) is 11.8 Å². The van der Waals surface area contributed by atoms with Crippen molar-refractivity contribution in [2.75, 3.05) is 5.32 Å². The van der Waals surface area contributed by atoms with Crippen molar-refractivity contribution in [3.05, 3.63) is 47.6 Å². The fourth-order valence-corrected chi connectivity index (χ4v) is 3.90. The predicted molar refractivity (Wildman–Crippen MR) is 85.9 cm³/mol. The number of carboxylic acids is 1. The summed E-state index contributed by atoms with van der Waals surface area (Å²) in [5.41, 5.74) is 1.32.